The molecule has 0 spiro atoms. The molecule has 1 aromatic heterocycles. The minimum absolute atomic E-state index is 0.947. The van der Waals surface area contributed by atoms with Gasteiger partial charge in [-0.1, -0.05) is 48.3 Å². The van der Waals surface area contributed by atoms with Gasteiger partial charge in [-0.2, -0.15) is 0 Å². The molecule has 0 bridgehead atoms. The van der Waals surface area contributed by atoms with Crippen LogP contribution in [0, 0.1) is 11.8 Å². The summed E-state index contributed by atoms with van der Waals surface area (Å²) in [5, 5.41) is 2.56. The van der Waals surface area contributed by atoms with Crippen molar-refractivity contribution >= 4 is 33.0 Å². The molecule has 140 valence electrons. The number of hydrogen-bond donors (Lipinski definition) is 0. The van der Waals surface area contributed by atoms with Crippen molar-refractivity contribution in [3.05, 3.63) is 71.8 Å². The molecule has 3 aromatic rings. The molecule has 0 radical (unpaired) electrons. The summed E-state index contributed by atoms with van der Waals surface area (Å²) in [5.41, 5.74) is 9.51. The van der Waals surface area contributed by atoms with Crippen molar-refractivity contribution in [2.75, 3.05) is 0 Å². The van der Waals surface area contributed by atoms with E-state index in [1.54, 1.807) is 0 Å². The molecule has 0 saturated heterocycles. The monoisotopic (exact) mass is 365 g/mol. The van der Waals surface area contributed by atoms with E-state index in [4.69, 9.17) is 0 Å². The maximum absolute atomic E-state index is 4.42. The third-order valence-corrected chi connectivity index (χ3v) is 5.82. The fourth-order valence-corrected chi connectivity index (χ4v) is 4.20. The number of hydrogen-bond acceptors (Lipinski definition) is 0. The van der Waals surface area contributed by atoms with Crippen LogP contribution in [0.3, 0.4) is 0 Å². The standard InChI is InChI=1S/C27H27N/c1-6-28-26-14-12-21(18(2)3)16-24(26)25-17-22(13-15-27(25)28)20(5)23-11-9-7-8-10-19(23)4/h12-17H,2,5-8,10H2,1,3-4H3. The van der Waals surface area contributed by atoms with E-state index in [0.717, 1.165) is 48.1 Å². The number of aromatic nitrogens is 1. The SMILES string of the molecule is C=C(C)c1ccc2c(c1)c1cc(C(=C)C3=C(C)CCCC#C3)ccc1n2CC. The molecule has 1 aliphatic carbocycles. The number of rotatable bonds is 4. The van der Waals surface area contributed by atoms with E-state index in [1.807, 2.05) is 0 Å². The number of allylic oxidation sites excluding steroid dienone is 4. The van der Waals surface area contributed by atoms with Crippen molar-refractivity contribution in [1.29, 1.82) is 0 Å². The third kappa shape index (κ3) is 3.00. The van der Waals surface area contributed by atoms with E-state index in [1.165, 1.54) is 32.9 Å². The van der Waals surface area contributed by atoms with Gasteiger partial charge in [0.25, 0.3) is 0 Å². The van der Waals surface area contributed by atoms with Crippen LogP contribution >= 0.6 is 0 Å². The topological polar surface area (TPSA) is 4.93 Å². The van der Waals surface area contributed by atoms with Gasteiger partial charge in [-0.25, -0.2) is 0 Å². The van der Waals surface area contributed by atoms with E-state index >= 15 is 0 Å². The van der Waals surface area contributed by atoms with Crippen molar-refractivity contribution in [3.63, 3.8) is 0 Å². The summed E-state index contributed by atoms with van der Waals surface area (Å²) >= 11 is 0. The quantitative estimate of drug-likeness (QED) is 0.425. The number of nitrogens with zero attached hydrogens (tertiary/aromatic N) is 1. The van der Waals surface area contributed by atoms with Gasteiger partial charge >= 0.3 is 0 Å². The Balaban J connectivity index is 1.93. The molecule has 2 aromatic carbocycles. The third-order valence-electron chi connectivity index (χ3n) is 5.82. The second kappa shape index (κ2) is 7.21. The Morgan fingerprint density at radius 1 is 1.04 bits per heavy atom. The molecule has 0 saturated carbocycles. The maximum atomic E-state index is 4.42. The average Bonchev–Trinajstić information content (AvgIpc) is 2.85. The molecule has 0 fully saturated rings. The van der Waals surface area contributed by atoms with E-state index in [0.29, 0.717) is 0 Å². The lowest BCUT2D eigenvalue weighted by atomic mass is 9.94. The zero-order valence-corrected chi connectivity index (χ0v) is 17.2. The van der Waals surface area contributed by atoms with E-state index in [-0.39, 0.29) is 0 Å². The molecule has 0 amide bonds. The minimum Gasteiger partial charge on any atom is -0.341 e. The molecular formula is C27H27N. The van der Waals surface area contributed by atoms with Crippen molar-refractivity contribution in [2.24, 2.45) is 0 Å². The normalized spacial score (nSPS) is 14.1. The zero-order chi connectivity index (χ0) is 19.8. The summed E-state index contributed by atoms with van der Waals surface area (Å²) in [6.45, 7) is 15.9. The summed E-state index contributed by atoms with van der Waals surface area (Å²) in [4.78, 5) is 0. The highest BCUT2D eigenvalue weighted by Crippen LogP contribution is 2.35. The fourth-order valence-electron chi connectivity index (χ4n) is 4.20. The Bertz CT molecular complexity index is 1220. The fraction of sp³-hybridized carbons (Fsp3) is 0.259. The Labute approximate surface area is 168 Å². The van der Waals surface area contributed by atoms with Crippen molar-refractivity contribution < 1.29 is 0 Å². The van der Waals surface area contributed by atoms with Crippen LogP contribution in [-0.4, -0.2) is 4.57 Å². The highest BCUT2D eigenvalue weighted by atomic mass is 15.0. The average molecular weight is 366 g/mol. The molecule has 1 heteroatoms. The lowest BCUT2D eigenvalue weighted by molar-refractivity contribution is 0.827. The van der Waals surface area contributed by atoms with Crippen LogP contribution in [0.5, 0.6) is 0 Å². The lowest BCUT2D eigenvalue weighted by Crippen LogP contribution is -1.94. The van der Waals surface area contributed by atoms with Gasteiger partial charge in [0, 0.05) is 40.3 Å². The van der Waals surface area contributed by atoms with Gasteiger partial charge < -0.3 is 4.57 Å². The first-order valence-electron chi connectivity index (χ1n) is 10.1. The smallest absolute Gasteiger partial charge is 0.0491 e. The van der Waals surface area contributed by atoms with Crippen molar-refractivity contribution in [1.82, 2.24) is 4.57 Å². The molecule has 1 heterocycles. The summed E-state index contributed by atoms with van der Waals surface area (Å²) < 4.78 is 2.38. The summed E-state index contributed by atoms with van der Waals surface area (Å²) in [7, 11) is 0. The molecule has 0 atom stereocenters. The van der Waals surface area contributed by atoms with Gasteiger partial charge in [0.15, 0.2) is 0 Å². The van der Waals surface area contributed by atoms with Crippen LogP contribution in [-0.2, 0) is 6.54 Å². The van der Waals surface area contributed by atoms with E-state index < -0.39 is 0 Å². The molecule has 4 rings (SSSR count). The van der Waals surface area contributed by atoms with E-state index in [9.17, 15) is 0 Å². The zero-order valence-electron chi connectivity index (χ0n) is 17.2. The highest BCUT2D eigenvalue weighted by Gasteiger charge is 2.14. The molecular weight excluding hydrogens is 338 g/mol. The molecule has 28 heavy (non-hydrogen) atoms. The number of aryl methyl sites for hydroxylation is 1. The second-order valence-corrected chi connectivity index (χ2v) is 7.78. The first-order chi connectivity index (χ1) is 13.5. The Hall–Kier alpha value is -2.98. The maximum Gasteiger partial charge on any atom is 0.0491 e. The van der Waals surface area contributed by atoms with Gasteiger partial charge in [-0.3, -0.25) is 0 Å². The van der Waals surface area contributed by atoms with Crippen LogP contribution in [0.2, 0.25) is 0 Å². The Morgan fingerprint density at radius 3 is 2.32 bits per heavy atom. The van der Waals surface area contributed by atoms with Crippen LogP contribution in [0.1, 0.15) is 51.2 Å². The summed E-state index contributed by atoms with van der Waals surface area (Å²) in [6.07, 6.45) is 3.21. The number of benzene rings is 2. The van der Waals surface area contributed by atoms with E-state index in [2.05, 4.69) is 86.7 Å². The van der Waals surface area contributed by atoms with Gasteiger partial charge in [0.05, 0.1) is 0 Å². The van der Waals surface area contributed by atoms with Crippen LogP contribution in [0.4, 0.5) is 0 Å². The minimum atomic E-state index is 0.947. The first-order valence-corrected chi connectivity index (χ1v) is 10.1. The Kier molecular flexibility index (Phi) is 4.73. The molecule has 0 N–H and O–H groups in total. The van der Waals surface area contributed by atoms with Gasteiger partial charge in [0.2, 0.25) is 0 Å². The van der Waals surface area contributed by atoms with Gasteiger partial charge in [-0.15, -0.1) is 0 Å². The predicted molar refractivity (Wildman–Crippen MR) is 123 cm³/mol. The Morgan fingerprint density at radius 2 is 1.68 bits per heavy atom. The molecule has 1 nitrogen and oxygen atoms in total. The van der Waals surface area contributed by atoms with Crippen molar-refractivity contribution in [3.8, 4) is 11.8 Å². The van der Waals surface area contributed by atoms with Crippen LogP contribution in [0.15, 0.2) is 60.7 Å². The largest absolute Gasteiger partial charge is 0.341 e. The highest BCUT2D eigenvalue weighted by molar-refractivity contribution is 6.10. The molecule has 1 aliphatic rings. The lowest BCUT2D eigenvalue weighted by Gasteiger charge is -2.10. The van der Waals surface area contributed by atoms with Crippen molar-refractivity contribution in [2.45, 2.75) is 46.6 Å². The van der Waals surface area contributed by atoms with Crippen LogP contribution in [0.25, 0.3) is 33.0 Å². The second-order valence-electron chi connectivity index (χ2n) is 7.78. The van der Waals surface area contributed by atoms with Gasteiger partial charge in [-0.05, 0) is 74.6 Å². The summed E-state index contributed by atoms with van der Waals surface area (Å²) in [6, 6.07) is 13.4. The molecule has 0 aliphatic heterocycles. The van der Waals surface area contributed by atoms with Gasteiger partial charge in [0.1, 0.15) is 0 Å². The summed E-state index contributed by atoms with van der Waals surface area (Å²) in [5.74, 6) is 6.66. The predicted octanol–water partition coefficient (Wildman–Crippen LogP) is 7.36. The molecule has 0 unspecified atom stereocenters. The first kappa shape index (κ1) is 18.4. The van der Waals surface area contributed by atoms with Crippen LogP contribution < -0.4 is 0 Å². The number of fused-ring (bicyclic) bond motifs is 3.